The number of nitrogens with one attached hydrogen (secondary N) is 1. The lowest BCUT2D eigenvalue weighted by molar-refractivity contribution is 0.0945. The molecule has 0 aromatic heterocycles. The SMILES string of the molecule is COc1cccc(C(C#N)NC(=O)c2ccccc2)c1. The van der Waals surface area contributed by atoms with Gasteiger partial charge in [-0.15, -0.1) is 0 Å². The van der Waals surface area contributed by atoms with Gasteiger partial charge in [-0.25, -0.2) is 0 Å². The van der Waals surface area contributed by atoms with E-state index in [1.165, 1.54) is 0 Å². The highest BCUT2D eigenvalue weighted by atomic mass is 16.5. The third-order valence-electron chi connectivity index (χ3n) is 2.87. The molecule has 4 heteroatoms. The summed E-state index contributed by atoms with van der Waals surface area (Å²) < 4.78 is 5.12. The molecule has 0 aliphatic carbocycles. The molecule has 1 atom stereocenters. The van der Waals surface area contributed by atoms with Crippen molar-refractivity contribution in [2.24, 2.45) is 0 Å². The van der Waals surface area contributed by atoms with Crippen molar-refractivity contribution in [3.05, 3.63) is 65.7 Å². The maximum atomic E-state index is 12.0. The molecule has 0 fully saturated rings. The maximum Gasteiger partial charge on any atom is 0.252 e. The minimum absolute atomic E-state index is 0.278. The van der Waals surface area contributed by atoms with E-state index in [0.717, 1.165) is 0 Å². The van der Waals surface area contributed by atoms with E-state index in [9.17, 15) is 10.1 Å². The molecule has 0 saturated carbocycles. The lowest BCUT2D eigenvalue weighted by atomic mass is 10.1. The minimum atomic E-state index is -0.710. The van der Waals surface area contributed by atoms with Crippen LogP contribution in [-0.2, 0) is 0 Å². The highest BCUT2D eigenvalue weighted by molar-refractivity contribution is 5.94. The van der Waals surface area contributed by atoms with Gasteiger partial charge in [-0.1, -0.05) is 30.3 Å². The van der Waals surface area contributed by atoms with Gasteiger partial charge in [-0.05, 0) is 29.8 Å². The molecular weight excluding hydrogens is 252 g/mol. The zero-order valence-corrected chi connectivity index (χ0v) is 11.0. The molecule has 4 nitrogen and oxygen atoms in total. The Hall–Kier alpha value is -2.80. The van der Waals surface area contributed by atoms with Gasteiger partial charge in [0.1, 0.15) is 11.8 Å². The summed E-state index contributed by atoms with van der Waals surface area (Å²) in [6.45, 7) is 0. The predicted molar refractivity (Wildman–Crippen MR) is 75.3 cm³/mol. The quantitative estimate of drug-likeness (QED) is 0.925. The number of hydrogen-bond donors (Lipinski definition) is 1. The molecule has 0 heterocycles. The summed E-state index contributed by atoms with van der Waals surface area (Å²) >= 11 is 0. The fraction of sp³-hybridized carbons (Fsp3) is 0.125. The van der Waals surface area contributed by atoms with E-state index in [2.05, 4.69) is 11.4 Å². The first-order valence-corrected chi connectivity index (χ1v) is 6.14. The van der Waals surface area contributed by atoms with Crippen molar-refractivity contribution in [3.8, 4) is 11.8 Å². The van der Waals surface area contributed by atoms with Crippen molar-refractivity contribution in [2.75, 3.05) is 7.11 Å². The van der Waals surface area contributed by atoms with Gasteiger partial charge in [0.25, 0.3) is 5.91 Å². The first kappa shape index (κ1) is 13.6. The standard InChI is InChI=1S/C16H14N2O2/c1-20-14-9-5-8-13(10-14)15(11-17)18-16(19)12-6-3-2-4-7-12/h2-10,15H,1H3,(H,18,19). The molecule has 100 valence electrons. The lowest BCUT2D eigenvalue weighted by Gasteiger charge is -2.13. The topological polar surface area (TPSA) is 62.1 Å². The first-order chi connectivity index (χ1) is 9.74. The molecule has 2 rings (SSSR count). The molecule has 1 unspecified atom stereocenters. The van der Waals surface area contributed by atoms with Crippen molar-refractivity contribution >= 4 is 5.91 Å². The number of carbonyl (C=O) groups excluding carboxylic acids is 1. The molecule has 2 aromatic carbocycles. The van der Waals surface area contributed by atoms with Crippen LogP contribution in [-0.4, -0.2) is 13.0 Å². The van der Waals surface area contributed by atoms with Crippen molar-refractivity contribution in [3.63, 3.8) is 0 Å². The predicted octanol–water partition coefficient (Wildman–Crippen LogP) is 2.69. The Morgan fingerprint density at radius 2 is 1.95 bits per heavy atom. The number of rotatable bonds is 4. The zero-order chi connectivity index (χ0) is 14.4. The van der Waals surface area contributed by atoms with E-state index in [-0.39, 0.29) is 5.91 Å². The van der Waals surface area contributed by atoms with Crippen molar-refractivity contribution in [2.45, 2.75) is 6.04 Å². The summed E-state index contributed by atoms with van der Waals surface area (Å²) in [6.07, 6.45) is 0. The second kappa shape index (κ2) is 6.39. The van der Waals surface area contributed by atoms with Crippen LogP contribution in [0.3, 0.4) is 0 Å². The second-order valence-corrected chi connectivity index (χ2v) is 4.18. The van der Waals surface area contributed by atoms with Gasteiger partial charge in [0.15, 0.2) is 0 Å². The number of amides is 1. The summed E-state index contributed by atoms with van der Waals surface area (Å²) in [5, 5.41) is 11.9. The van der Waals surface area contributed by atoms with E-state index < -0.39 is 6.04 Å². The zero-order valence-electron chi connectivity index (χ0n) is 11.0. The number of methoxy groups -OCH3 is 1. The number of ether oxygens (including phenoxy) is 1. The maximum absolute atomic E-state index is 12.0. The van der Waals surface area contributed by atoms with Crippen molar-refractivity contribution in [1.29, 1.82) is 5.26 Å². The van der Waals surface area contributed by atoms with Gasteiger partial charge in [0, 0.05) is 5.56 Å². The highest BCUT2D eigenvalue weighted by Crippen LogP contribution is 2.19. The van der Waals surface area contributed by atoms with Crippen molar-refractivity contribution < 1.29 is 9.53 Å². The Morgan fingerprint density at radius 3 is 2.60 bits per heavy atom. The van der Waals surface area contributed by atoms with Crippen LogP contribution in [0.25, 0.3) is 0 Å². The molecule has 0 bridgehead atoms. The molecule has 0 radical (unpaired) electrons. The van der Waals surface area contributed by atoms with E-state index >= 15 is 0 Å². The molecule has 1 N–H and O–H groups in total. The second-order valence-electron chi connectivity index (χ2n) is 4.18. The Kier molecular flexibility index (Phi) is 4.35. The van der Waals surface area contributed by atoms with Crippen LogP contribution in [0.5, 0.6) is 5.75 Å². The number of nitrogens with zero attached hydrogens (tertiary/aromatic N) is 1. The Bertz CT molecular complexity index is 632. The first-order valence-electron chi connectivity index (χ1n) is 6.14. The molecule has 0 aliphatic heterocycles. The molecule has 0 saturated heterocycles. The van der Waals surface area contributed by atoms with Crippen molar-refractivity contribution in [1.82, 2.24) is 5.32 Å². The molecule has 0 spiro atoms. The van der Waals surface area contributed by atoms with Crippen LogP contribution in [0, 0.1) is 11.3 Å². The van der Waals surface area contributed by atoms with Crippen LogP contribution in [0.2, 0.25) is 0 Å². The van der Waals surface area contributed by atoms with Crippen LogP contribution < -0.4 is 10.1 Å². The molecule has 0 aliphatic rings. The van der Waals surface area contributed by atoms with Crippen LogP contribution in [0.1, 0.15) is 22.0 Å². The van der Waals surface area contributed by atoms with Crippen LogP contribution in [0.4, 0.5) is 0 Å². The lowest BCUT2D eigenvalue weighted by Crippen LogP contribution is -2.27. The molecule has 2 aromatic rings. The van der Waals surface area contributed by atoms with Gasteiger partial charge < -0.3 is 10.1 Å². The number of nitriles is 1. The van der Waals surface area contributed by atoms with Gasteiger partial charge in [0.2, 0.25) is 0 Å². The molecular formula is C16H14N2O2. The Balaban J connectivity index is 2.17. The van der Waals surface area contributed by atoms with Crippen LogP contribution >= 0.6 is 0 Å². The Morgan fingerprint density at radius 1 is 1.20 bits per heavy atom. The number of benzene rings is 2. The van der Waals surface area contributed by atoms with Gasteiger partial charge in [-0.2, -0.15) is 5.26 Å². The van der Waals surface area contributed by atoms with Gasteiger partial charge in [0.05, 0.1) is 13.2 Å². The third-order valence-corrected chi connectivity index (χ3v) is 2.87. The van der Waals surface area contributed by atoms with E-state index in [1.807, 2.05) is 6.07 Å². The van der Waals surface area contributed by atoms with E-state index in [0.29, 0.717) is 16.9 Å². The average Bonchev–Trinajstić information content (AvgIpc) is 2.53. The summed E-state index contributed by atoms with van der Waals surface area (Å²) in [5.74, 6) is 0.372. The average molecular weight is 266 g/mol. The van der Waals surface area contributed by atoms with E-state index in [4.69, 9.17) is 4.74 Å². The number of hydrogen-bond acceptors (Lipinski definition) is 3. The molecule has 1 amide bonds. The normalized spacial score (nSPS) is 11.2. The smallest absolute Gasteiger partial charge is 0.252 e. The van der Waals surface area contributed by atoms with E-state index in [1.54, 1.807) is 55.6 Å². The Labute approximate surface area is 117 Å². The van der Waals surface area contributed by atoms with Gasteiger partial charge in [-0.3, -0.25) is 4.79 Å². The monoisotopic (exact) mass is 266 g/mol. The van der Waals surface area contributed by atoms with Crippen LogP contribution in [0.15, 0.2) is 54.6 Å². The summed E-state index contributed by atoms with van der Waals surface area (Å²) in [5.41, 5.74) is 1.21. The highest BCUT2D eigenvalue weighted by Gasteiger charge is 2.15. The summed E-state index contributed by atoms with van der Waals surface area (Å²) in [6, 6.07) is 17.3. The minimum Gasteiger partial charge on any atom is -0.497 e. The third kappa shape index (κ3) is 3.15. The summed E-state index contributed by atoms with van der Waals surface area (Å²) in [7, 11) is 1.56. The molecule has 20 heavy (non-hydrogen) atoms. The fourth-order valence-corrected chi connectivity index (χ4v) is 1.82. The fourth-order valence-electron chi connectivity index (χ4n) is 1.82. The summed E-state index contributed by atoms with van der Waals surface area (Å²) in [4.78, 5) is 12.0. The van der Waals surface area contributed by atoms with Gasteiger partial charge >= 0.3 is 0 Å². The number of carbonyl (C=O) groups is 1. The largest absolute Gasteiger partial charge is 0.497 e.